The van der Waals surface area contributed by atoms with Gasteiger partial charge < -0.3 is 9.84 Å². The van der Waals surface area contributed by atoms with E-state index in [9.17, 15) is 9.90 Å². The van der Waals surface area contributed by atoms with E-state index >= 15 is 0 Å². The van der Waals surface area contributed by atoms with Crippen LogP contribution in [0.25, 0.3) is 0 Å². The molecular formula is C16H21NO3. The quantitative estimate of drug-likeness (QED) is 0.847. The highest BCUT2D eigenvalue weighted by Crippen LogP contribution is 2.36. The minimum Gasteiger partial charge on any atom is -0.460 e. The number of aliphatic hydroxyl groups is 1. The molecule has 2 fully saturated rings. The van der Waals surface area contributed by atoms with Crippen molar-refractivity contribution < 1.29 is 14.6 Å². The minimum atomic E-state index is -0.251. The molecule has 2 bridgehead atoms. The smallest absolute Gasteiger partial charge is 0.310 e. The standard InChI is InChI=1S/C16H21NO3/c1-17-12-8-13(18)10-14(17)15(9-12)20-16(19)7-11-5-3-2-4-6-11/h2-6,12-15,18H,7-10H2,1H3/t12-,13+,14+,15-/m1/s1. The molecule has 4 atom stereocenters. The Morgan fingerprint density at radius 1 is 1.30 bits per heavy atom. The highest BCUT2D eigenvalue weighted by molar-refractivity contribution is 5.72. The lowest BCUT2D eigenvalue weighted by atomic mass is 10.0. The summed E-state index contributed by atoms with van der Waals surface area (Å²) in [6, 6.07) is 10.2. The fraction of sp³-hybridized carbons (Fsp3) is 0.562. The van der Waals surface area contributed by atoms with Crippen molar-refractivity contribution in [1.82, 2.24) is 4.90 Å². The van der Waals surface area contributed by atoms with E-state index in [0.29, 0.717) is 18.9 Å². The zero-order chi connectivity index (χ0) is 14.1. The second kappa shape index (κ2) is 5.54. The summed E-state index contributed by atoms with van der Waals surface area (Å²) in [6.07, 6.45) is 2.34. The number of likely N-dealkylation sites (N-methyl/N-ethyl adjacent to an activating group) is 1. The highest BCUT2D eigenvalue weighted by Gasteiger charge is 2.46. The van der Waals surface area contributed by atoms with E-state index in [1.807, 2.05) is 30.3 Å². The molecule has 2 saturated heterocycles. The number of fused-ring (bicyclic) bond motifs is 2. The van der Waals surface area contributed by atoms with Gasteiger partial charge in [-0.15, -0.1) is 0 Å². The normalized spacial score (nSPS) is 33.1. The Morgan fingerprint density at radius 3 is 2.80 bits per heavy atom. The van der Waals surface area contributed by atoms with Gasteiger partial charge in [0.05, 0.1) is 12.5 Å². The molecule has 0 saturated carbocycles. The lowest BCUT2D eigenvalue weighted by Gasteiger charge is -2.34. The predicted molar refractivity (Wildman–Crippen MR) is 75.2 cm³/mol. The summed E-state index contributed by atoms with van der Waals surface area (Å²) in [5.41, 5.74) is 0.979. The number of carbonyl (C=O) groups excluding carboxylic acids is 1. The van der Waals surface area contributed by atoms with Crippen molar-refractivity contribution >= 4 is 5.97 Å². The summed E-state index contributed by atoms with van der Waals surface area (Å²) in [4.78, 5) is 14.3. The first-order valence-corrected chi connectivity index (χ1v) is 7.27. The van der Waals surface area contributed by atoms with Gasteiger partial charge in [0.15, 0.2) is 0 Å². The Labute approximate surface area is 119 Å². The van der Waals surface area contributed by atoms with Crippen LogP contribution < -0.4 is 0 Å². The third kappa shape index (κ3) is 2.72. The molecule has 20 heavy (non-hydrogen) atoms. The van der Waals surface area contributed by atoms with Crippen LogP contribution in [0.15, 0.2) is 30.3 Å². The van der Waals surface area contributed by atoms with Crippen molar-refractivity contribution in [3.8, 4) is 0 Å². The van der Waals surface area contributed by atoms with Crippen LogP contribution in [0.4, 0.5) is 0 Å². The second-order valence-corrected chi connectivity index (χ2v) is 5.94. The van der Waals surface area contributed by atoms with Crippen LogP contribution in [0, 0.1) is 0 Å². The highest BCUT2D eigenvalue weighted by atomic mass is 16.5. The second-order valence-electron chi connectivity index (χ2n) is 5.94. The molecular weight excluding hydrogens is 254 g/mol. The number of benzene rings is 1. The first-order valence-electron chi connectivity index (χ1n) is 7.27. The number of ether oxygens (including phenoxy) is 1. The molecule has 0 amide bonds. The van der Waals surface area contributed by atoms with Crippen LogP contribution in [-0.2, 0) is 16.0 Å². The number of esters is 1. The zero-order valence-electron chi connectivity index (χ0n) is 11.7. The average molecular weight is 275 g/mol. The minimum absolute atomic E-state index is 0.0710. The Hall–Kier alpha value is -1.39. The third-order valence-corrected chi connectivity index (χ3v) is 4.56. The van der Waals surface area contributed by atoms with Gasteiger partial charge in [0, 0.05) is 18.5 Å². The molecule has 0 spiro atoms. The maximum absolute atomic E-state index is 12.0. The Morgan fingerprint density at radius 2 is 2.05 bits per heavy atom. The summed E-state index contributed by atoms with van der Waals surface area (Å²) < 4.78 is 5.66. The van der Waals surface area contributed by atoms with Crippen molar-refractivity contribution in [3.05, 3.63) is 35.9 Å². The summed E-state index contributed by atoms with van der Waals surface area (Å²) in [5.74, 6) is -0.170. The van der Waals surface area contributed by atoms with Crippen molar-refractivity contribution in [1.29, 1.82) is 0 Å². The van der Waals surface area contributed by atoms with Gasteiger partial charge in [-0.1, -0.05) is 30.3 Å². The van der Waals surface area contributed by atoms with Gasteiger partial charge in [-0.2, -0.15) is 0 Å². The number of nitrogens with zero attached hydrogens (tertiary/aromatic N) is 1. The Kier molecular flexibility index (Phi) is 3.76. The van der Waals surface area contributed by atoms with E-state index in [1.165, 1.54) is 0 Å². The molecule has 0 radical (unpaired) electrons. The molecule has 4 nitrogen and oxygen atoms in total. The molecule has 2 aliphatic heterocycles. The van der Waals surface area contributed by atoms with Crippen molar-refractivity contribution in [2.45, 2.75) is 50.0 Å². The van der Waals surface area contributed by atoms with Gasteiger partial charge in [-0.05, 0) is 25.5 Å². The van der Waals surface area contributed by atoms with E-state index < -0.39 is 0 Å². The first kappa shape index (κ1) is 13.6. The maximum atomic E-state index is 12.0. The van der Waals surface area contributed by atoms with Gasteiger partial charge in [0.2, 0.25) is 0 Å². The van der Waals surface area contributed by atoms with E-state index in [2.05, 4.69) is 11.9 Å². The van der Waals surface area contributed by atoms with Gasteiger partial charge in [0.25, 0.3) is 0 Å². The van der Waals surface area contributed by atoms with Crippen molar-refractivity contribution in [2.24, 2.45) is 0 Å². The molecule has 1 aromatic carbocycles. The van der Waals surface area contributed by atoms with Crippen molar-refractivity contribution in [3.63, 3.8) is 0 Å². The molecule has 3 rings (SSSR count). The van der Waals surface area contributed by atoms with Gasteiger partial charge in [-0.3, -0.25) is 9.69 Å². The van der Waals surface area contributed by atoms with Gasteiger partial charge >= 0.3 is 5.97 Å². The molecule has 4 heteroatoms. The number of hydrogen-bond acceptors (Lipinski definition) is 4. The van der Waals surface area contributed by atoms with Crippen LogP contribution in [0.2, 0.25) is 0 Å². The molecule has 2 heterocycles. The van der Waals surface area contributed by atoms with E-state index in [4.69, 9.17) is 4.74 Å². The molecule has 0 aromatic heterocycles. The van der Waals surface area contributed by atoms with E-state index in [1.54, 1.807) is 0 Å². The molecule has 1 aromatic rings. The fourth-order valence-corrected chi connectivity index (χ4v) is 3.49. The molecule has 2 aliphatic rings. The number of rotatable bonds is 3. The Bertz CT molecular complexity index is 476. The lowest BCUT2D eigenvalue weighted by Crippen LogP contribution is -2.44. The van der Waals surface area contributed by atoms with Gasteiger partial charge in [0.1, 0.15) is 6.10 Å². The topological polar surface area (TPSA) is 49.8 Å². The van der Waals surface area contributed by atoms with Gasteiger partial charge in [-0.25, -0.2) is 0 Å². The van der Waals surface area contributed by atoms with Crippen LogP contribution in [0.5, 0.6) is 0 Å². The van der Waals surface area contributed by atoms with Crippen molar-refractivity contribution in [2.75, 3.05) is 7.05 Å². The first-order chi connectivity index (χ1) is 9.63. The molecule has 1 N–H and O–H groups in total. The number of aliphatic hydroxyl groups excluding tert-OH is 1. The Balaban J connectivity index is 1.60. The third-order valence-electron chi connectivity index (χ3n) is 4.56. The molecule has 0 unspecified atom stereocenters. The van der Waals surface area contributed by atoms with Crippen LogP contribution in [-0.4, -0.2) is 47.3 Å². The summed E-state index contributed by atoms with van der Waals surface area (Å²) in [7, 11) is 2.06. The average Bonchev–Trinajstić information content (AvgIpc) is 2.60. The van der Waals surface area contributed by atoms with E-state index in [0.717, 1.165) is 18.4 Å². The summed E-state index contributed by atoms with van der Waals surface area (Å²) in [6.45, 7) is 0. The van der Waals surface area contributed by atoms with Crippen LogP contribution in [0.1, 0.15) is 24.8 Å². The number of piperidine rings is 1. The monoisotopic (exact) mass is 275 g/mol. The van der Waals surface area contributed by atoms with Crippen LogP contribution >= 0.6 is 0 Å². The SMILES string of the molecule is CN1[C@@H]2C[C@H](O)C[C@H]1[C@H](OC(=O)Cc1ccccc1)C2. The molecule has 0 aliphatic carbocycles. The maximum Gasteiger partial charge on any atom is 0.310 e. The zero-order valence-corrected chi connectivity index (χ0v) is 11.7. The fourth-order valence-electron chi connectivity index (χ4n) is 3.49. The largest absolute Gasteiger partial charge is 0.460 e. The van der Waals surface area contributed by atoms with E-state index in [-0.39, 0.29) is 24.2 Å². The number of hydrogen-bond donors (Lipinski definition) is 1. The molecule has 108 valence electrons. The summed E-state index contributed by atoms with van der Waals surface area (Å²) >= 11 is 0. The number of carbonyl (C=O) groups is 1. The van der Waals surface area contributed by atoms with Crippen LogP contribution in [0.3, 0.4) is 0 Å². The summed E-state index contributed by atoms with van der Waals surface area (Å²) in [5, 5.41) is 9.83. The predicted octanol–water partition coefficient (Wildman–Crippen LogP) is 1.37. The lowest BCUT2D eigenvalue weighted by molar-refractivity contribution is -0.149.